The highest BCUT2D eigenvalue weighted by atomic mass is 32.1. The number of ether oxygens (including phenoxy) is 1. The van der Waals surface area contributed by atoms with Crippen LogP contribution >= 0.6 is 11.3 Å². The average Bonchev–Trinajstić information content (AvgIpc) is 2.91. The minimum Gasteiger partial charge on any atom is -0.378 e. The number of rotatable bonds is 5. The third-order valence-corrected chi connectivity index (χ3v) is 4.08. The van der Waals surface area contributed by atoms with E-state index >= 15 is 0 Å². The summed E-state index contributed by atoms with van der Waals surface area (Å²) in [5.74, 6) is 0.626. The number of thiophene rings is 1. The molecule has 16 heavy (non-hydrogen) atoms. The predicted octanol–water partition coefficient (Wildman–Crippen LogP) is 3.21. The Morgan fingerprint density at radius 3 is 3.06 bits per heavy atom. The summed E-state index contributed by atoms with van der Waals surface area (Å²) in [4.78, 5) is 0. The molecule has 1 fully saturated rings. The summed E-state index contributed by atoms with van der Waals surface area (Å²) < 4.78 is 5.69. The first-order chi connectivity index (χ1) is 7.83. The second-order valence-electron chi connectivity index (χ2n) is 4.52. The Kier molecular flexibility index (Phi) is 4.38. The monoisotopic (exact) mass is 239 g/mol. The first-order valence-electron chi connectivity index (χ1n) is 6.20. The molecular weight excluding hydrogens is 218 g/mol. The summed E-state index contributed by atoms with van der Waals surface area (Å²) in [5, 5.41) is 8.10. The van der Waals surface area contributed by atoms with Gasteiger partial charge in [-0.3, -0.25) is 0 Å². The zero-order chi connectivity index (χ0) is 11.4. The molecule has 2 rings (SSSR count). The van der Waals surface area contributed by atoms with Crippen molar-refractivity contribution in [2.24, 2.45) is 5.92 Å². The zero-order valence-electron chi connectivity index (χ0n) is 10.1. The van der Waals surface area contributed by atoms with Crippen LogP contribution in [0.15, 0.2) is 16.8 Å². The van der Waals surface area contributed by atoms with Gasteiger partial charge in [-0.1, -0.05) is 6.92 Å². The van der Waals surface area contributed by atoms with Crippen LogP contribution in [0.5, 0.6) is 0 Å². The SMILES string of the molecule is CCCNC(c1ccsc1)C1CCOC1C. The Balaban J connectivity index is 2.08. The Hall–Kier alpha value is -0.380. The maximum Gasteiger partial charge on any atom is 0.0594 e. The van der Waals surface area contributed by atoms with Crippen LogP contribution in [0, 0.1) is 5.92 Å². The highest BCUT2D eigenvalue weighted by molar-refractivity contribution is 7.07. The largest absolute Gasteiger partial charge is 0.378 e. The molecule has 2 nitrogen and oxygen atoms in total. The Labute approximate surface area is 102 Å². The third-order valence-electron chi connectivity index (χ3n) is 3.38. The van der Waals surface area contributed by atoms with E-state index in [-0.39, 0.29) is 0 Å². The molecule has 1 saturated heterocycles. The zero-order valence-corrected chi connectivity index (χ0v) is 10.9. The lowest BCUT2D eigenvalue weighted by Gasteiger charge is -2.26. The highest BCUT2D eigenvalue weighted by Crippen LogP contribution is 2.34. The summed E-state index contributed by atoms with van der Waals surface area (Å²) in [6.07, 6.45) is 2.75. The fraction of sp³-hybridized carbons (Fsp3) is 0.692. The first-order valence-corrected chi connectivity index (χ1v) is 7.14. The van der Waals surface area contributed by atoms with E-state index in [9.17, 15) is 0 Å². The van der Waals surface area contributed by atoms with Crippen molar-refractivity contribution in [3.05, 3.63) is 22.4 Å². The summed E-state index contributed by atoms with van der Waals surface area (Å²) in [6.45, 7) is 6.42. The van der Waals surface area contributed by atoms with Crippen LogP contribution in [0.4, 0.5) is 0 Å². The maximum atomic E-state index is 5.69. The van der Waals surface area contributed by atoms with E-state index in [1.807, 2.05) is 0 Å². The van der Waals surface area contributed by atoms with Gasteiger partial charge in [-0.2, -0.15) is 11.3 Å². The molecule has 0 saturated carbocycles. The van der Waals surface area contributed by atoms with Gasteiger partial charge in [-0.25, -0.2) is 0 Å². The predicted molar refractivity (Wildman–Crippen MR) is 68.9 cm³/mol. The van der Waals surface area contributed by atoms with Gasteiger partial charge in [-0.05, 0) is 48.7 Å². The minimum absolute atomic E-state index is 0.384. The lowest BCUT2D eigenvalue weighted by molar-refractivity contribution is 0.0954. The Bertz CT molecular complexity index is 299. The van der Waals surface area contributed by atoms with Gasteiger partial charge in [0.05, 0.1) is 6.10 Å². The van der Waals surface area contributed by atoms with E-state index in [1.54, 1.807) is 11.3 Å². The summed E-state index contributed by atoms with van der Waals surface area (Å²) in [7, 11) is 0. The molecule has 1 aromatic rings. The number of nitrogens with one attached hydrogen (secondary N) is 1. The average molecular weight is 239 g/mol. The number of hydrogen-bond acceptors (Lipinski definition) is 3. The van der Waals surface area contributed by atoms with Crippen LogP contribution < -0.4 is 5.32 Å². The summed E-state index contributed by atoms with van der Waals surface area (Å²) in [6, 6.07) is 2.71. The van der Waals surface area contributed by atoms with Crippen LogP contribution in [0.2, 0.25) is 0 Å². The first kappa shape index (κ1) is 12.1. The minimum atomic E-state index is 0.384. The van der Waals surface area contributed by atoms with E-state index in [0.717, 1.165) is 13.2 Å². The molecule has 0 spiro atoms. The lowest BCUT2D eigenvalue weighted by atomic mass is 9.89. The molecule has 1 aliphatic rings. The molecule has 0 bridgehead atoms. The molecule has 3 heteroatoms. The van der Waals surface area contributed by atoms with E-state index in [0.29, 0.717) is 18.1 Å². The van der Waals surface area contributed by atoms with Gasteiger partial charge in [0.15, 0.2) is 0 Å². The van der Waals surface area contributed by atoms with Gasteiger partial charge in [0.2, 0.25) is 0 Å². The van der Waals surface area contributed by atoms with Crippen LogP contribution in [0.25, 0.3) is 0 Å². The van der Waals surface area contributed by atoms with Crippen LogP contribution in [-0.4, -0.2) is 19.3 Å². The van der Waals surface area contributed by atoms with Crippen molar-refractivity contribution in [3.8, 4) is 0 Å². The molecule has 2 heterocycles. The fourth-order valence-corrected chi connectivity index (χ4v) is 3.15. The summed E-state index contributed by atoms with van der Waals surface area (Å²) in [5.41, 5.74) is 1.43. The van der Waals surface area contributed by atoms with Gasteiger partial charge in [0, 0.05) is 18.6 Å². The van der Waals surface area contributed by atoms with Gasteiger partial charge in [0.1, 0.15) is 0 Å². The quantitative estimate of drug-likeness (QED) is 0.852. The van der Waals surface area contributed by atoms with E-state index in [2.05, 4.69) is 36.0 Å². The Morgan fingerprint density at radius 1 is 1.62 bits per heavy atom. The summed E-state index contributed by atoms with van der Waals surface area (Å²) >= 11 is 1.78. The lowest BCUT2D eigenvalue weighted by Crippen LogP contribution is -2.32. The second-order valence-corrected chi connectivity index (χ2v) is 5.30. The Morgan fingerprint density at radius 2 is 2.50 bits per heavy atom. The van der Waals surface area contributed by atoms with Gasteiger partial charge in [0.25, 0.3) is 0 Å². The van der Waals surface area contributed by atoms with Crippen molar-refractivity contribution >= 4 is 11.3 Å². The molecule has 90 valence electrons. The van der Waals surface area contributed by atoms with Gasteiger partial charge >= 0.3 is 0 Å². The van der Waals surface area contributed by atoms with Crippen molar-refractivity contribution < 1.29 is 4.74 Å². The van der Waals surface area contributed by atoms with Crippen molar-refractivity contribution in [2.75, 3.05) is 13.2 Å². The standard InChI is InChI=1S/C13H21NOS/c1-3-6-14-13(11-5-8-16-9-11)12-4-7-15-10(12)2/h5,8-10,12-14H,3-4,6-7H2,1-2H3. The molecule has 0 radical (unpaired) electrons. The fourth-order valence-electron chi connectivity index (χ4n) is 2.45. The molecule has 1 aromatic heterocycles. The third kappa shape index (κ3) is 2.65. The van der Waals surface area contributed by atoms with Crippen molar-refractivity contribution in [2.45, 2.75) is 38.8 Å². The number of hydrogen-bond donors (Lipinski definition) is 1. The van der Waals surface area contributed by atoms with Crippen molar-refractivity contribution in [1.82, 2.24) is 5.32 Å². The highest BCUT2D eigenvalue weighted by Gasteiger charge is 2.32. The molecule has 0 aromatic carbocycles. The van der Waals surface area contributed by atoms with Crippen molar-refractivity contribution in [3.63, 3.8) is 0 Å². The second kappa shape index (κ2) is 5.80. The topological polar surface area (TPSA) is 21.3 Å². The van der Waals surface area contributed by atoms with Gasteiger partial charge < -0.3 is 10.1 Å². The van der Waals surface area contributed by atoms with Gasteiger partial charge in [-0.15, -0.1) is 0 Å². The van der Waals surface area contributed by atoms with E-state index < -0.39 is 0 Å². The van der Waals surface area contributed by atoms with E-state index in [4.69, 9.17) is 4.74 Å². The molecule has 3 unspecified atom stereocenters. The molecule has 3 atom stereocenters. The molecule has 0 aliphatic carbocycles. The van der Waals surface area contributed by atoms with Crippen LogP contribution in [-0.2, 0) is 4.74 Å². The van der Waals surface area contributed by atoms with Crippen LogP contribution in [0.1, 0.15) is 38.3 Å². The smallest absolute Gasteiger partial charge is 0.0594 e. The maximum absolute atomic E-state index is 5.69. The normalized spacial score (nSPS) is 27.1. The molecule has 0 amide bonds. The molecule has 1 aliphatic heterocycles. The molecular formula is C13H21NOS. The van der Waals surface area contributed by atoms with Crippen LogP contribution in [0.3, 0.4) is 0 Å². The molecule has 1 N–H and O–H groups in total. The van der Waals surface area contributed by atoms with Crippen molar-refractivity contribution in [1.29, 1.82) is 0 Å². The van der Waals surface area contributed by atoms with E-state index in [1.165, 1.54) is 18.4 Å².